The summed E-state index contributed by atoms with van der Waals surface area (Å²) in [6, 6.07) is 0. The lowest BCUT2D eigenvalue weighted by atomic mass is 10.2. The zero-order valence-electron chi connectivity index (χ0n) is 9.29. The van der Waals surface area contributed by atoms with Crippen LogP contribution < -0.4 is 0 Å². The van der Waals surface area contributed by atoms with Crippen molar-refractivity contribution >= 4 is 0 Å². The maximum Gasteiger partial charge on any atom is 0.0258 e. The number of nitrogens with zero attached hydrogens (tertiary/aromatic N) is 3. The van der Waals surface area contributed by atoms with Gasteiger partial charge in [0.1, 0.15) is 0 Å². The topological polar surface area (TPSA) is 48.8 Å². The first-order valence-electron chi connectivity index (χ1n) is 5.38. The molecule has 0 aliphatic heterocycles. The van der Waals surface area contributed by atoms with Gasteiger partial charge in [-0.3, -0.25) is 0 Å². The highest BCUT2D eigenvalue weighted by molar-refractivity contribution is 5.25. The van der Waals surface area contributed by atoms with Gasteiger partial charge in [0.15, 0.2) is 0 Å². The van der Waals surface area contributed by atoms with Crippen molar-refractivity contribution in [3.05, 3.63) is 10.4 Å². The van der Waals surface area contributed by atoms with E-state index in [-0.39, 0.29) is 0 Å². The van der Waals surface area contributed by atoms with E-state index < -0.39 is 0 Å². The van der Waals surface area contributed by atoms with E-state index in [1.807, 2.05) is 0 Å². The van der Waals surface area contributed by atoms with E-state index in [9.17, 15) is 0 Å². The van der Waals surface area contributed by atoms with Gasteiger partial charge in [-0.2, -0.15) is 0 Å². The van der Waals surface area contributed by atoms with Crippen molar-refractivity contribution in [2.24, 2.45) is 5.11 Å². The van der Waals surface area contributed by atoms with Gasteiger partial charge in [0.25, 0.3) is 0 Å². The molecule has 0 unspecified atom stereocenters. The number of unbranched alkanes of at least 4 members (excludes halogenated alkanes) is 4. The van der Waals surface area contributed by atoms with Crippen LogP contribution in [0.2, 0.25) is 0 Å². The number of hydrogen-bond donors (Lipinski definition) is 0. The molecule has 15 heavy (non-hydrogen) atoms. The second kappa shape index (κ2) is 12.4. The highest BCUT2D eigenvalue weighted by Gasteiger charge is 1.82. The smallest absolute Gasteiger partial charge is 0.0258 e. The van der Waals surface area contributed by atoms with Crippen LogP contribution in [0.5, 0.6) is 0 Å². The van der Waals surface area contributed by atoms with E-state index in [1.54, 1.807) is 0 Å². The summed E-state index contributed by atoms with van der Waals surface area (Å²) >= 11 is 0. The number of hydrogen-bond acceptors (Lipinski definition) is 1. The van der Waals surface area contributed by atoms with E-state index in [4.69, 9.17) is 5.53 Å². The second-order valence-electron chi connectivity index (χ2n) is 3.12. The molecule has 0 N–H and O–H groups in total. The Hall–Kier alpha value is -1.57. The van der Waals surface area contributed by atoms with E-state index >= 15 is 0 Å². The standard InChI is InChI=1S/C12H17N3/c1-2-3-4-5-6-7-8-9-10-11-12-14-15-13/h2-4,9-12H2,1H3. The predicted molar refractivity (Wildman–Crippen MR) is 62.9 cm³/mol. The van der Waals surface area contributed by atoms with Gasteiger partial charge in [-0.15, -0.1) is 0 Å². The minimum absolute atomic E-state index is 0.570. The Morgan fingerprint density at radius 2 is 1.73 bits per heavy atom. The summed E-state index contributed by atoms with van der Waals surface area (Å²) < 4.78 is 0. The van der Waals surface area contributed by atoms with Crippen molar-refractivity contribution in [1.29, 1.82) is 0 Å². The zero-order chi connectivity index (χ0) is 11.2. The molecule has 0 saturated carbocycles. The summed E-state index contributed by atoms with van der Waals surface area (Å²) in [6.07, 6.45) is 6.00. The van der Waals surface area contributed by atoms with E-state index in [1.165, 1.54) is 6.42 Å². The van der Waals surface area contributed by atoms with Crippen LogP contribution in [0, 0.1) is 23.7 Å². The number of azide groups is 1. The lowest BCUT2D eigenvalue weighted by Crippen LogP contribution is -1.78. The Kier molecular flexibility index (Phi) is 11.1. The maximum atomic E-state index is 8.02. The van der Waals surface area contributed by atoms with E-state index in [2.05, 4.69) is 40.6 Å². The molecule has 0 spiro atoms. The van der Waals surface area contributed by atoms with Crippen LogP contribution in [0.1, 0.15) is 45.4 Å². The molecule has 0 atom stereocenters. The van der Waals surface area contributed by atoms with Gasteiger partial charge >= 0.3 is 0 Å². The van der Waals surface area contributed by atoms with Crippen LogP contribution in [0.3, 0.4) is 0 Å². The average molecular weight is 203 g/mol. The van der Waals surface area contributed by atoms with Crippen LogP contribution in [-0.2, 0) is 0 Å². The molecule has 3 nitrogen and oxygen atoms in total. The van der Waals surface area contributed by atoms with Gasteiger partial charge in [0.2, 0.25) is 0 Å². The van der Waals surface area contributed by atoms with Crippen molar-refractivity contribution in [3.63, 3.8) is 0 Å². The highest BCUT2D eigenvalue weighted by Crippen LogP contribution is 1.94. The normalized spacial score (nSPS) is 7.80. The van der Waals surface area contributed by atoms with Crippen molar-refractivity contribution in [2.45, 2.75) is 45.4 Å². The molecule has 0 aromatic rings. The maximum absolute atomic E-state index is 8.02. The SMILES string of the molecule is CCCCC#CC#CCCCCN=[N+]=[N-]. The zero-order valence-corrected chi connectivity index (χ0v) is 9.29. The first-order chi connectivity index (χ1) is 7.41. The minimum atomic E-state index is 0.570. The largest absolute Gasteiger partial charge is 0.0940 e. The van der Waals surface area contributed by atoms with Gasteiger partial charge in [-0.1, -0.05) is 30.3 Å². The fraction of sp³-hybridized carbons (Fsp3) is 0.667. The lowest BCUT2D eigenvalue weighted by molar-refractivity contribution is 0.764. The fourth-order valence-electron chi connectivity index (χ4n) is 0.919. The average Bonchev–Trinajstić information content (AvgIpc) is 2.26. The molecule has 0 heterocycles. The third-order valence-corrected chi connectivity index (χ3v) is 1.77. The molecule has 0 fully saturated rings. The summed E-state index contributed by atoms with van der Waals surface area (Å²) in [5.41, 5.74) is 8.02. The summed E-state index contributed by atoms with van der Waals surface area (Å²) in [5.74, 6) is 11.6. The van der Waals surface area contributed by atoms with Crippen LogP contribution in [0.4, 0.5) is 0 Å². The molecule has 0 aliphatic rings. The third-order valence-electron chi connectivity index (χ3n) is 1.77. The van der Waals surface area contributed by atoms with E-state index in [0.717, 1.165) is 32.1 Å². The molecule has 80 valence electrons. The molecule has 0 bridgehead atoms. The fourth-order valence-corrected chi connectivity index (χ4v) is 0.919. The molecule has 0 saturated heterocycles. The third kappa shape index (κ3) is 12.4. The van der Waals surface area contributed by atoms with Crippen LogP contribution in [0.25, 0.3) is 10.4 Å². The summed E-state index contributed by atoms with van der Waals surface area (Å²) in [4.78, 5) is 2.68. The molecule has 0 rings (SSSR count). The number of rotatable bonds is 6. The van der Waals surface area contributed by atoms with Crippen molar-refractivity contribution in [2.75, 3.05) is 6.54 Å². The van der Waals surface area contributed by atoms with Gasteiger partial charge in [0.05, 0.1) is 0 Å². The second-order valence-corrected chi connectivity index (χ2v) is 3.12. The minimum Gasteiger partial charge on any atom is -0.0940 e. The molecule has 0 aromatic heterocycles. The molecule has 0 aliphatic carbocycles. The van der Waals surface area contributed by atoms with Gasteiger partial charge in [-0.25, -0.2) is 0 Å². The lowest BCUT2D eigenvalue weighted by Gasteiger charge is -1.87. The van der Waals surface area contributed by atoms with Crippen molar-refractivity contribution < 1.29 is 0 Å². The summed E-state index contributed by atoms with van der Waals surface area (Å²) in [7, 11) is 0. The Bertz CT molecular complexity index is 305. The molecule has 0 aromatic carbocycles. The summed E-state index contributed by atoms with van der Waals surface area (Å²) in [5, 5.41) is 3.44. The Morgan fingerprint density at radius 3 is 2.33 bits per heavy atom. The Labute approximate surface area is 91.9 Å². The van der Waals surface area contributed by atoms with Crippen LogP contribution >= 0.6 is 0 Å². The van der Waals surface area contributed by atoms with Gasteiger partial charge in [-0.05, 0) is 36.6 Å². The molecule has 0 amide bonds. The Morgan fingerprint density at radius 1 is 1.07 bits per heavy atom. The molecule has 0 radical (unpaired) electrons. The van der Waals surface area contributed by atoms with Crippen LogP contribution in [0.15, 0.2) is 5.11 Å². The van der Waals surface area contributed by atoms with Gasteiger partial charge < -0.3 is 0 Å². The van der Waals surface area contributed by atoms with Crippen molar-refractivity contribution in [1.82, 2.24) is 0 Å². The van der Waals surface area contributed by atoms with E-state index in [0.29, 0.717) is 6.54 Å². The van der Waals surface area contributed by atoms with Crippen LogP contribution in [-0.4, -0.2) is 6.54 Å². The Balaban J connectivity index is 3.36. The summed E-state index contributed by atoms with van der Waals surface area (Å²) in [6.45, 7) is 2.72. The van der Waals surface area contributed by atoms with Gasteiger partial charge in [0, 0.05) is 24.3 Å². The molecular formula is C12H17N3. The monoisotopic (exact) mass is 203 g/mol. The first-order valence-corrected chi connectivity index (χ1v) is 5.38. The molecule has 3 heteroatoms. The quantitative estimate of drug-likeness (QED) is 0.208. The predicted octanol–water partition coefficient (Wildman–Crippen LogP) is 3.66. The molecular weight excluding hydrogens is 186 g/mol. The highest BCUT2D eigenvalue weighted by atomic mass is 15.1. The first kappa shape index (κ1) is 13.4. The van der Waals surface area contributed by atoms with Crippen molar-refractivity contribution in [3.8, 4) is 23.7 Å².